The van der Waals surface area contributed by atoms with E-state index in [1.54, 1.807) is 6.08 Å². The summed E-state index contributed by atoms with van der Waals surface area (Å²) in [6, 6.07) is 0. The van der Waals surface area contributed by atoms with Crippen LogP contribution in [-0.4, -0.2) is 35.5 Å². The topological polar surface area (TPSA) is 76.0 Å². The lowest BCUT2D eigenvalue weighted by molar-refractivity contribution is -0.146. The highest BCUT2D eigenvalue weighted by Gasteiger charge is 2.38. The number of hydrogen-bond acceptors (Lipinski definition) is 5. The number of aliphatic hydroxyl groups excluding tert-OH is 2. The smallest absolute Gasteiger partial charge is 0.348 e. The van der Waals surface area contributed by atoms with Crippen molar-refractivity contribution in [3.63, 3.8) is 0 Å². The Bertz CT molecular complexity index is 362. The minimum absolute atomic E-state index is 0.111. The van der Waals surface area contributed by atoms with E-state index in [0.717, 1.165) is 0 Å². The second-order valence-electron chi connectivity index (χ2n) is 4.96. The summed E-state index contributed by atoms with van der Waals surface area (Å²) < 4.78 is 9.51. The number of ether oxygens (including phenoxy) is 2. The van der Waals surface area contributed by atoms with Crippen LogP contribution < -0.4 is 0 Å². The monoisotopic (exact) mass is 242 g/mol. The van der Waals surface area contributed by atoms with Crippen molar-refractivity contribution in [3.05, 3.63) is 23.7 Å². The number of rotatable bonds is 3. The minimum Gasteiger partial charge on any atom is -0.506 e. The molecule has 0 spiro atoms. The third-order valence-electron chi connectivity index (χ3n) is 2.21. The van der Waals surface area contributed by atoms with E-state index in [1.165, 1.54) is 13.2 Å². The van der Waals surface area contributed by atoms with Gasteiger partial charge in [-0.05, 0) is 5.41 Å². The van der Waals surface area contributed by atoms with Crippen molar-refractivity contribution >= 4 is 5.97 Å². The Morgan fingerprint density at radius 2 is 2.06 bits per heavy atom. The molecule has 1 heterocycles. The van der Waals surface area contributed by atoms with Gasteiger partial charge in [0, 0.05) is 7.11 Å². The average molecular weight is 242 g/mol. The van der Waals surface area contributed by atoms with E-state index < -0.39 is 18.2 Å². The molecule has 2 N–H and O–H groups in total. The van der Waals surface area contributed by atoms with E-state index in [4.69, 9.17) is 9.47 Å². The number of carbonyl (C=O) groups excluding carboxylic acids is 1. The number of cyclic esters (lactones) is 1. The van der Waals surface area contributed by atoms with Gasteiger partial charge < -0.3 is 19.7 Å². The van der Waals surface area contributed by atoms with Gasteiger partial charge in [0.15, 0.2) is 11.5 Å². The van der Waals surface area contributed by atoms with Crippen molar-refractivity contribution in [2.75, 3.05) is 7.11 Å². The first-order valence-corrected chi connectivity index (χ1v) is 5.31. The summed E-state index contributed by atoms with van der Waals surface area (Å²) in [5.74, 6) is -1.26. The maximum absolute atomic E-state index is 11.2. The van der Waals surface area contributed by atoms with Crippen LogP contribution >= 0.6 is 0 Å². The molecule has 96 valence electrons. The van der Waals surface area contributed by atoms with E-state index in [9.17, 15) is 15.0 Å². The van der Waals surface area contributed by atoms with Gasteiger partial charge in [-0.1, -0.05) is 32.9 Å². The molecule has 0 aromatic heterocycles. The van der Waals surface area contributed by atoms with Crippen molar-refractivity contribution in [1.82, 2.24) is 0 Å². The Morgan fingerprint density at radius 3 is 2.47 bits per heavy atom. The number of carbonyl (C=O) groups is 1. The van der Waals surface area contributed by atoms with Gasteiger partial charge in [0.2, 0.25) is 6.10 Å². The molecule has 0 saturated carbocycles. The van der Waals surface area contributed by atoms with Crippen molar-refractivity contribution < 1.29 is 24.5 Å². The zero-order valence-electron chi connectivity index (χ0n) is 10.4. The number of aliphatic hydroxyl groups is 2. The van der Waals surface area contributed by atoms with E-state index in [2.05, 4.69) is 0 Å². The lowest BCUT2D eigenvalue weighted by Crippen LogP contribution is -2.20. The quantitative estimate of drug-likeness (QED) is 0.576. The van der Waals surface area contributed by atoms with Gasteiger partial charge in [-0.3, -0.25) is 0 Å². The van der Waals surface area contributed by atoms with Crippen molar-refractivity contribution in [1.29, 1.82) is 0 Å². The van der Waals surface area contributed by atoms with Crippen LogP contribution in [0.15, 0.2) is 23.7 Å². The van der Waals surface area contributed by atoms with Gasteiger partial charge in [0.1, 0.15) is 6.10 Å². The van der Waals surface area contributed by atoms with E-state index in [1.807, 2.05) is 20.8 Å². The van der Waals surface area contributed by atoms with Crippen LogP contribution in [0, 0.1) is 5.41 Å². The molecule has 0 saturated heterocycles. The third kappa shape index (κ3) is 3.31. The molecule has 0 aromatic carbocycles. The first-order chi connectivity index (χ1) is 7.76. The molecule has 2 atom stereocenters. The summed E-state index contributed by atoms with van der Waals surface area (Å²) in [4.78, 5) is 11.2. The SMILES string of the molecule is CO[C@H]1C(=O)OC(C(O)C=CC(C)(C)C)=C1O. The number of hydrogen-bond donors (Lipinski definition) is 2. The first-order valence-electron chi connectivity index (χ1n) is 5.31. The zero-order chi connectivity index (χ0) is 13.2. The molecule has 0 aromatic rings. The summed E-state index contributed by atoms with van der Waals surface area (Å²) in [6.45, 7) is 5.88. The Balaban J connectivity index is 2.84. The molecule has 1 aliphatic heterocycles. The van der Waals surface area contributed by atoms with Gasteiger partial charge in [0.25, 0.3) is 0 Å². The third-order valence-corrected chi connectivity index (χ3v) is 2.21. The molecule has 5 nitrogen and oxygen atoms in total. The summed E-state index contributed by atoms with van der Waals surface area (Å²) >= 11 is 0. The van der Waals surface area contributed by atoms with Gasteiger partial charge in [-0.2, -0.15) is 0 Å². The molecule has 0 radical (unpaired) electrons. The largest absolute Gasteiger partial charge is 0.506 e. The van der Waals surface area contributed by atoms with Crippen molar-refractivity contribution in [3.8, 4) is 0 Å². The van der Waals surface area contributed by atoms with Crippen LogP contribution in [0.2, 0.25) is 0 Å². The second kappa shape index (κ2) is 4.89. The standard InChI is InChI=1S/C12H18O5/c1-12(2,3)6-5-7(13)9-8(14)10(16-4)11(15)17-9/h5-7,10,13-14H,1-4H3/t7?,10-/m1/s1. The summed E-state index contributed by atoms with van der Waals surface area (Å²) in [5, 5.41) is 19.4. The predicted molar refractivity (Wildman–Crippen MR) is 61.1 cm³/mol. The van der Waals surface area contributed by atoms with Crippen LogP contribution in [0.25, 0.3) is 0 Å². The lowest BCUT2D eigenvalue weighted by Gasteiger charge is -2.13. The molecule has 0 aliphatic carbocycles. The van der Waals surface area contributed by atoms with Crippen molar-refractivity contribution in [2.45, 2.75) is 33.0 Å². The van der Waals surface area contributed by atoms with E-state index >= 15 is 0 Å². The fraction of sp³-hybridized carbons (Fsp3) is 0.583. The zero-order valence-corrected chi connectivity index (χ0v) is 10.4. The minimum atomic E-state index is -1.15. The Labute approximate surface area is 100 Å². The fourth-order valence-electron chi connectivity index (χ4n) is 1.34. The normalized spacial score (nSPS) is 23.4. The highest BCUT2D eigenvalue weighted by atomic mass is 16.6. The first kappa shape index (κ1) is 13.7. The fourth-order valence-corrected chi connectivity index (χ4v) is 1.34. The van der Waals surface area contributed by atoms with Crippen LogP contribution in [0.4, 0.5) is 0 Å². The average Bonchev–Trinajstić information content (AvgIpc) is 2.49. The van der Waals surface area contributed by atoms with Crippen LogP contribution in [0.3, 0.4) is 0 Å². The number of esters is 1. The molecular weight excluding hydrogens is 224 g/mol. The molecule has 1 aliphatic rings. The molecule has 5 heteroatoms. The van der Waals surface area contributed by atoms with Crippen LogP contribution in [0.1, 0.15) is 20.8 Å². The van der Waals surface area contributed by atoms with Gasteiger partial charge in [-0.25, -0.2) is 4.79 Å². The number of allylic oxidation sites excluding steroid dienone is 1. The molecule has 1 rings (SSSR count). The second-order valence-corrected chi connectivity index (χ2v) is 4.96. The predicted octanol–water partition coefficient (Wildman–Crippen LogP) is 1.29. The lowest BCUT2D eigenvalue weighted by atomic mass is 9.95. The number of methoxy groups -OCH3 is 1. The molecule has 17 heavy (non-hydrogen) atoms. The van der Waals surface area contributed by atoms with Gasteiger partial charge in [-0.15, -0.1) is 0 Å². The molecule has 1 unspecified atom stereocenters. The Kier molecular flexibility index (Phi) is 3.95. The molecule has 0 fully saturated rings. The summed E-state index contributed by atoms with van der Waals surface area (Å²) in [7, 11) is 1.28. The van der Waals surface area contributed by atoms with E-state index in [-0.39, 0.29) is 16.9 Å². The molecular formula is C12H18O5. The maximum Gasteiger partial charge on any atom is 0.348 e. The van der Waals surface area contributed by atoms with E-state index in [0.29, 0.717) is 0 Å². The summed E-state index contributed by atoms with van der Waals surface area (Å²) in [5.41, 5.74) is -0.111. The van der Waals surface area contributed by atoms with Crippen LogP contribution in [-0.2, 0) is 14.3 Å². The molecule has 0 amide bonds. The highest BCUT2D eigenvalue weighted by molar-refractivity contribution is 5.82. The Hall–Kier alpha value is -1.33. The molecule has 0 bridgehead atoms. The van der Waals surface area contributed by atoms with Crippen molar-refractivity contribution in [2.24, 2.45) is 5.41 Å². The Morgan fingerprint density at radius 1 is 1.47 bits per heavy atom. The van der Waals surface area contributed by atoms with Crippen LogP contribution in [0.5, 0.6) is 0 Å². The van der Waals surface area contributed by atoms with Gasteiger partial charge in [0.05, 0.1) is 0 Å². The maximum atomic E-state index is 11.2. The highest BCUT2D eigenvalue weighted by Crippen LogP contribution is 2.25. The van der Waals surface area contributed by atoms with Gasteiger partial charge >= 0.3 is 5.97 Å². The summed E-state index contributed by atoms with van der Waals surface area (Å²) in [6.07, 6.45) is 0.948.